The maximum Gasteiger partial charge on any atom is 0.337 e. The van der Waals surface area contributed by atoms with Gasteiger partial charge in [-0.15, -0.1) is 0 Å². The van der Waals surface area contributed by atoms with Gasteiger partial charge in [-0.1, -0.05) is 0 Å². The van der Waals surface area contributed by atoms with Crippen molar-refractivity contribution >= 4 is 11.9 Å². The van der Waals surface area contributed by atoms with Crippen LogP contribution in [0, 0.1) is 0 Å². The molecule has 8 heteroatoms. The Morgan fingerprint density at radius 1 is 0.893 bits per heavy atom. The number of methoxy groups -OCH3 is 4. The summed E-state index contributed by atoms with van der Waals surface area (Å²) >= 11 is 0. The molecule has 0 fully saturated rings. The average molecular weight is 389 g/mol. The lowest BCUT2D eigenvalue weighted by Crippen LogP contribution is -2.28. The second kappa shape index (κ2) is 10.1. The Bertz CT molecular complexity index is 793. The Morgan fingerprint density at radius 3 is 2.00 bits per heavy atom. The van der Waals surface area contributed by atoms with Crippen LogP contribution in [0.5, 0.6) is 23.0 Å². The van der Waals surface area contributed by atoms with Gasteiger partial charge in [0.1, 0.15) is 5.75 Å². The van der Waals surface area contributed by atoms with Crippen LogP contribution in [-0.4, -0.2) is 46.9 Å². The fraction of sp³-hybridized carbons (Fsp3) is 0.300. The first-order chi connectivity index (χ1) is 13.5. The van der Waals surface area contributed by atoms with E-state index in [0.29, 0.717) is 28.6 Å². The van der Waals surface area contributed by atoms with E-state index in [1.54, 1.807) is 36.4 Å². The van der Waals surface area contributed by atoms with E-state index < -0.39 is 5.97 Å². The molecule has 0 aliphatic heterocycles. The molecule has 0 aliphatic carbocycles. The largest absolute Gasteiger partial charge is 0.493 e. The van der Waals surface area contributed by atoms with Crippen LogP contribution in [0.2, 0.25) is 0 Å². The number of benzene rings is 2. The first-order valence-corrected chi connectivity index (χ1v) is 8.39. The van der Waals surface area contributed by atoms with Crippen molar-refractivity contribution in [1.82, 2.24) is 5.32 Å². The maximum absolute atomic E-state index is 12.0. The molecule has 2 rings (SSSR count). The number of rotatable bonds is 9. The molecule has 0 heterocycles. The molecule has 2 aromatic rings. The van der Waals surface area contributed by atoms with E-state index in [4.69, 9.17) is 18.9 Å². The Hall–Kier alpha value is -3.42. The number of ether oxygens (including phenoxy) is 5. The topological polar surface area (TPSA) is 92.3 Å². The molecule has 0 unspecified atom stereocenters. The molecule has 0 aliphatic rings. The van der Waals surface area contributed by atoms with E-state index in [1.165, 1.54) is 28.4 Å². The lowest BCUT2D eigenvalue weighted by Gasteiger charge is -2.14. The third-order valence-corrected chi connectivity index (χ3v) is 3.86. The van der Waals surface area contributed by atoms with Crippen LogP contribution in [0.15, 0.2) is 36.4 Å². The van der Waals surface area contributed by atoms with Gasteiger partial charge in [-0.3, -0.25) is 4.79 Å². The fourth-order valence-electron chi connectivity index (χ4n) is 2.44. The van der Waals surface area contributed by atoms with Crippen molar-refractivity contribution < 1.29 is 33.3 Å². The standard InChI is InChI=1S/C20H23NO7/c1-24-16-9-13(10-17(25-2)19(16)26-3)11-21-18(22)12-28-15-7-5-14(6-8-15)20(23)27-4/h5-10H,11-12H2,1-4H3,(H,21,22). The molecular formula is C20H23NO7. The van der Waals surface area contributed by atoms with Gasteiger partial charge in [0.25, 0.3) is 5.91 Å². The van der Waals surface area contributed by atoms with Crippen LogP contribution in [0.1, 0.15) is 15.9 Å². The minimum Gasteiger partial charge on any atom is -0.493 e. The highest BCUT2D eigenvalue weighted by atomic mass is 16.5. The summed E-state index contributed by atoms with van der Waals surface area (Å²) in [5.41, 5.74) is 1.19. The summed E-state index contributed by atoms with van der Waals surface area (Å²) in [4.78, 5) is 23.4. The molecule has 0 aromatic heterocycles. The molecule has 0 bridgehead atoms. The Morgan fingerprint density at radius 2 is 1.50 bits per heavy atom. The van der Waals surface area contributed by atoms with E-state index in [1.807, 2.05) is 0 Å². The molecule has 28 heavy (non-hydrogen) atoms. The number of carbonyl (C=O) groups excluding carboxylic acids is 2. The smallest absolute Gasteiger partial charge is 0.337 e. The van der Waals surface area contributed by atoms with E-state index in [-0.39, 0.29) is 19.1 Å². The van der Waals surface area contributed by atoms with Gasteiger partial charge in [0.2, 0.25) is 5.75 Å². The summed E-state index contributed by atoms with van der Waals surface area (Å²) < 4.78 is 25.9. The van der Waals surface area contributed by atoms with Crippen molar-refractivity contribution in [3.05, 3.63) is 47.5 Å². The van der Waals surface area contributed by atoms with Crippen molar-refractivity contribution in [2.75, 3.05) is 35.0 Å². The third-order valence-electron chi connectivity index (χ3n) is 3.86. The monoisotopic (exact) mass is 389 g/mol. The number of amides is 1. The number of hydrogen-bond acceptors (Lipinski definition) is 7. The summed E-state index contributed by atoms with van der Waals surface area (Å²) in [6, 6.07) is 9.84. The zero-order valence-electron chi connectivity index (χ0n) is 16.2. The summed E-state index contributed by atoms with van der Waals surface area (Å²) in [6.07, 6.45) is 0. The van der Waals surface area contributed by atoms with Crippen LogP contribution < -0.4 is 24.3 Å². The van der Waals surface area contributed by atoms with E-state index in [2.05, 4.69) is 10.1 Å². The van der Waals surface area contributed by atoms with Crippen LogP contribution in [0.3, 0.4) is 0 Å². The zero-order chi connectivity index (χ0) is 20.5. The van der Waals surface area contributed by atoms with Gasteiger partial charge >= 0.3 is 5.97 Å². The highest BCUT2D eigenvalue weighted by Crippen LogP contribution is 2.38. The van der Waals surface area contributed by atoms with E-state index >= 15 is 0 Å². The lowest BCUT2D eigenvalue weighted by atomic mass is 10.1. The Balaban J connectivity index is 1.91. The molecule has 2 aromatic carbocycles. The second-order valence-corrected chi connectivity index (χ2v) is 5.61. The number of carbonyl (C=O) groups is 2. The second-order valence-electron chi connectivity index (χ2n) is 5.61. The maximum atomic E-state index is 12.0. The van der Waals surface area contributed by atoms with E-state index in [0.717, 1.165) is 5.56 Å². The molecule has 0 saturated heterocycles. The molecule has 0 atom stereocenters. The van der Waals surface area contributed by atoms with Crippen molar-refractivity contribution in [2.24, 2.45) is 0 Å². The summed E-state index contributed by atoms with van der Waals surface area (Å²) in [6.45, 7) is 0.0994. The molecule has 1 N–H and O–H groups in total. The van der Waals surface area contributed by atoms with Gasteiger partial charge < -0.3 is 29.0 Å². The third kappa shape index (κ3) is 5.29. The van der Waals surface area contributed by atoms with Crippen LogP contribution in [-0.2, 0) is 16.1 Å². The highest BCUT2D eigenvalue weighted by molar-refractivity contribution is 5.89. The zero-order valence-corrected chi connectivity index (χ0v) is 16.2. The average Bonchev–Trinajstić information content (AvgIpc) is 2.74. The molecule has 0 saturated carbocycles. The van der Waals surface area contributed by atoms with Crippen LogP contribution >= 0.6 is 0 Å². The van der Waals surface area contributed by atoms with Crippen LogP contribution in [0.25, 0.3) is 0 Å². The van der Waals surface area contributed by atoms with Crippen LogP contribution in [0.4, 0.5) is 0 Å². The predicted molar refractivity (Wildman–Crippen MR) is 101 cm³/mol. The van der Waals surface area contributed by atoms with Crippen molar-refractivity contribution in [1.29, 1.82) is 0 Å². The molecular weight excluding hydrogens is 366 g/mol. The lowest BCUT2D eigenvalue weighted by molar-refractivity contribution is -0.123. The minimum atomic E-state index is -0.436. The minimum absolute atomic E-state index is 0.165. The van der Waals surface area contributed by atoms with Gasteiger partial charge in [-0.05, 0) is 42.0 Å². The van der Waals surface area contributed by atoms with Gasteiger partial charge in [0.15, 0.2) is 18.1 Å². The van der Waals surface area contributed by atoms with Gasteiger partial charge in [0, 0.05) is 6.54 Å². The number of esters is 1. The van der Waals surface area contributed by atoms with Crippen molar-refractivity contribution in [2.45, 2.75) is 6.54 Å². The van der Waals surface area contributed by atoms with Crippen molar-refractivity contribution in [3.8, 4) is 23.0 Å². The first kappa shape index (κ1) is 20.9. The normalized spacial score (nSPS) is 10.0. The van der Waals surface area contributed by atoms with Crippen molar-refractivity contribution in [3.63, 3.8) is 0 Å². The molecule has 1 amide bonds. The molecule has 150 valence electrons. The van der Waals surface area contributed by atoms with Gasteiger partial charge in [0.05, 0.1) is 34.0 Å². The molecule has 0 spiro atoms. The predicted octanol–water partition coefficient (Wildman–Crippen LogP) is 2.19. The van der Waals surface area contributed by atoms with Gasteiger partial charge in [-0.25, -0.2) is 4.79 Å². The summed E-state index contributed by atoms with van der Waals surface area (Å²) in [5, 5.41) is 2.76. The Labute approximate surface area is 163 Å². The molecule has 8 nitrogen and oxygen atoms in total. The van der Waals surface area contributed by atoms with E-state index in [9.17, 15) is 9.59 Å². The first-order valence-electron chi connectivity index (χ1n) is 8.39. The van der Waals surface area contributed by atoms with Gasteiger partial charge in [-0.2, -0.15) is 0 Å². The SMILES string of the molecule is COC(=O)c1ccc(OCC(=O)NCc2cc(OC)c(OC)c(OC)c2)cc1. The highest BCUT2D eigenvalue weighted by Gasteiger charge is 2.14. The Kier molecular flexibility index (Phi) is 7.50. The molecule has 0 radical (unpaired) electrons. The number of hydrogen-bond donors (Lipinski definition) is 1. The summed E-state index contributed by atoms with van der Waals surface area (Å²) in [7, 11) is 5.89. The number of nitrogens with one attached hydrogen (secondary N) is 1. The summed E-state index contributed by atoms with van der Waals surface area (Å²) in [5.74, 6) is 1.23. The fourth-order valence-corrected chi connectivity index (χ4v) is 2.44. The quantitative estimate of drug-likeness (QED) is 0.657.